The molecule has 0 heterocycles. The molecule has 2 aromatic rings. The van der Waals surface area contributed by atoms with Crippen molar-refractivity contribution < 1.29 is 24.3 Å². The number of rotatable bonds is 8. The van der Waals surface area contributed by atoms with E-state index in [1.54, 1.807) is 55.5 Å². The average Bonchev–Trinajstić information content (AvgIpc) is 2.79. The van der Waals surface area contributed by atoms with E-state index >= 15 is 0 Å². The predicted octanol–water partition coefficient (Wildman–Crippen LogP) is 4.61. The Balaban J connectivity index is 1.60. The first-order chi connectivity index (χ1) is 15.7. The van der Waals surface area contributed by atoms with Crippen LogP contribution in [0.25, 0.3) is 0 Å². The number of carbonyl (C=O) groups excluding carboxylic acids is 3. The van der Waals surface area contributed by atoms with Gasteiger partial charge in [0, 0.05) is 21.8 Å². The van der Waals surface area contributed by atoms with Crippen LogP contribution in [-0.2, 0) is 14.4 Å². The molecule has 3 N–H and O–H groups in total. The number of carboxylic acids is 1. The van der Waals surface area contributed by atoms with Crippen LogP contribution < -0.4 is 10.6 Å². The van der Waals surface area contributed by atoms with Crippen LogP contribution in [0.2, 0.25) is 0 Å². The molecule has 0 spiro atoms. The van der Waals surface area contributed by atoms with Crippen molar-refractivity contribution >= 4 is 46.7 Å². The Hall–Kier alpha value is -3.39. The van der Waals surface area contributed by atoms with Gasteiger partial charge in [0.15, 0.2) is 5.78 Å². The van der Waals surface area contributed by atoms with Crippen LogP contribution in [0.4, 0.5) is 11.4 Å². The first-order valence-corrected chi connectivity index (χ1v) is 11.5. The second-order valence-corrected chi connectivity index (χ2v) is 9.31. The lowest BCUT2D eigenvalue weighted by atomic mass is 9.82. The fraction of sp³-hybridized carbons (Fsp3) is 0.280. The molecule has 7 nitrogen and oxygen atoms in total. The molecule has 2 amide bonds. The van der Waals surface area contributed by atoms with Gasteiger partial charge in [-0.15, -0.1) is 11.8 Å². The quantitative estimate of drug-likeness (QED) is 0.297. The second kappa shape index (κ2) is 11.0. The van der Waals surface area contributed by atoms with E-state index in [1.807, 2.05) is 12.1 Å². The Morgan fingerprint density at radius 1 is 0.939 bits per heavy atom. The van der Waals surface area contributed by atoms with Crippen molar-refractivity contribution in [3.8, 4) is 0 Å². The molecule has 0 saturated carbocycles. The number of anilines is 2. The summed E-state index contributed by atoms with van der Waals surface area (Å²) in [5, 5.41) is 14.6. The third kappa shape index (κ3) is 6.55. The predicted molar refractivity (Wildman–Crippen MR) is 128 cm³/mol. The minimum Gasteiger partial charge on any atom is -0.481 e. The van der Waals surface area contributed by atoms with Crippen molar-refractivity contribution in [3.63, 3.8) is 0 Å². The second-order valence-electron chi connectivity index (χ2n) is 7.89. The van der Waals surface area contributed by atoms with Crippen molar-refractivity contribution in [2.45, 2.75) is 36.8 Å². The molecule has 0 aliphatic heterocycles. The lowest BCUT2D eigenvalue weighted by molar-refractivity contribution is -0.146. The highest BCUT2D eigenvalue weighted by atomic mass is 32.2. The summed E-state index contributed by atoms with van der Waals surface area (Å²) in [6, 6.07) is 13.8. The minimum absolute atomic E-state index is 0.0396. The number of allylic oxidation sites excluding steroid dienone is 2. The van der Waals surface area contributed by atoms with E-state index in [4.69, 9.17) is 0 Å². The largest absolute Gasteiger partial charge is 0.481 e. The Labute approximate surface area is 196 Å². The van der Waals surface area contributed by atoms with Crippen molar-refractivity contribution in [1.82, 2.24) is 0 Å². The van der Waals surface area contributed by atoms with Crippen LogP contribution >= 0.6 is 11.8 Å². The van der Waals surface area contributed by atoms with E-state index < -0.39 is 23.1 Å². The van der Waals surface area contributed by atoms with Crippen molar-refractivity contribution in [2.75, 3.05) is 10.6 Å². The number of benzene rings is 2. The van der Waals surface area contributed by atoms with E-state index in [-0.39, 0.29) is 17.6 Å². The summed E-state index contributed by atoms with van der Waals surface area (Å²) < 4.78 is 0. The van der Waals surface area contributed by atoms with Crippen LogP contribution in [0.5, 0.6) is 0 Å². The monoisotopic (exact) mass is 466 g/mol. The van der Waals surface area contributed by atoms with E-state index in [9.17, 15) is 24.3 Å². The highest BCUT2D eigenvalue weighted by Crippen LogP contribution is 2.29. The molecule has 33 heavy (non-hydrogen) atoms. The van der Waals surface area contributed by atoms with E-state index in [1.165, 1.54) is 18.7 Å². The number of amides is 2. The Kier molecular flexibility index (Phi) is 8.06. The van der Waals surface area contributed by atoms with Gasteiger partial charge >= 0.3 is 5.97 Å². The maximum absolute atomic E-state index is 12.7. The van der Waals surface area contributed by atoms with Gasteiger partial charge < -0.3 is 15.7 Å². The topological polar surface area (TPSA) is 113 Å². The van der Waals surface area contributed by atoms with Crippen LogP contribution in [-0.4, -0.2) is 33.9 Å². The van der Waals surface area contributed by atoms with Gasteiger partial charge in [0.1, 0.15) is 0 Å². The van der Waals surface area contributed by atoms with Crippen LogP contribution in [0.15, 0.2) is 65.6 Å². The van der Waals surface area contributed by atoms with Crippen LogP contribution in [0, 0.1) is 11.8 Å². The molecule has 2 aromatic carbocycles. The highest BCUT2D eigenvalue weighted by Gasteiger charge is 2.34. The number of carboxylic acid groups (broad SMARTS) is 1. The maximum atomic E-state index is 12.7. The van der Waals surface area contributed by atoms with Crippen molar-refractivity contribution in [1.29, 1.82) is 0 Å². The fourth-order valence-corrected chi connectivity index (χ4v) is 4.48. The van der Waals surface area contributed by atoms with Gasteiger partial charge in [-0.25, -0.2) is 0 Å². The smallest absolute Gasteiger partial charge is 0.307 e. The number of aliphatic carboxylic acids is 1. The summed E-state index contributed by atoms with van der Waals surface area (Å²) in [5.74, 6) is -2.89. The first kappa shape index (κ1) is 24.3. The molecule has 0 radical (unpaired) electrons. The molecule has 172 valence electrons. The van der Waals surface area contributed by atoms with E-state index in [2.05, 4.69) is 10.6 Å². The SMILES string of the molecule is CC(=O)c1ccc(NC(=O)C(C)Sc2cccc(NC(=O)C3CC=CCC3C(=O)O)c2)cc1. The average molecular weight is 467 g/mol. The molecular formula is C25H26N2O5S. The Bertz CT molecular complexity index is 1080. The molecule has 0 fully saturated rings. The third-order valence-electron chi connectivity index (χ3n) is 5.43. The lowest BCUT2D eigenvalue weighted by Gasteiger charge is -2.24. The number of Topliss-reactive ketones (excluding diaryl/α,β-unsaturated/α-hetero) is 1. The molecular weight excluding hydrogens is 440 g/mol. The van der Waals surface area contributed by atoms with Gasteiger partial charge in [-0.05, 0) is 69.2 Å². The molecule has 3 atom stereocenters. The number of carbonyl (C=O) groups is 4. The van der Waals surface area contributed by atoms with Gasteiger partial charge in [-0.1, -0.05) is 18.2 Å². The zero-order valence-corrected chi connectivity index (χ0v) is 19.2. The number of nitrogens with one attached hydrogen (secondary N) is 2. The standard InChI is InChI=1S/C25H26N2O5S/c1-15(28)17-10-12-18(13-11-17)26-23(29)16(2)33-20-7-5-6-19(14-20)27-24(30)21-8-3-4-9-22(21)25(31)32/h3-7,10-14,16,21-22H,8-9H2,1-2H3,(H,26,29)(H,27,30)(H,31,32). The molecule has 3 rings (SSSR count). The normalized spacial score (nSPS) is 18.2. The molecule has 1 aliphatic rings. The fourth-order valence-electron chi connectivity index (χ4n) is 3.55. The maximum Gasteiger partial charge on any atom is 0.307 e. The number of ketones is 1. The van der Waals surface area contributed by atoms with Crippen LogP contribution in [0.1, 0.15) is 37.0 Å². The zero-order valence-electron chi connectivity index (χ0n) is 18.4. The number of thioether (sulfide) groups is 1. The van der Waals surface area contributed by atoms with Gasteiger partial charge in [0.2, 0.25) is 11.8 Å². The molecule has 1 aliphatic carbocycles. The third-order valence-corrected chi connectivity index (χ3v) is 6.52. The molecule has 8 heteroatoms. The Morgan fingerprint density at radius 3 is 2.24 bits per heavy atom. The lowest BCUT2D eigenvalue weighted by Crippen LogP contribution is -2.34. The molecule has 0 saturated heterocycles. The van der Waals surface area contributed by atoms with Crippen molar-refractivity contribution in [2.24, 2.45) is 11.8 Å². The first-order valence-electron chi connectivity index (χ1n) is 10.6. The number of hydrogen-bond acceptors (Lipinski definition) is 5. The summed E-state index contributed by atoms with van der Waals surface area (Å²) in [7, 11) is 0. The highest BCUT2D eigenvalue weighted by molar-refractivity contribution is 8.00. The van der Waals surface area contributed by atoms with Gasteiger partial charge in [-0.2, -0.15) is 0 Å². The summed E-state index contributed by atoms with van der Waals surface area (Å²) >= 11 is 1.34. The molecule has 0 bridgehead atoms. The summed E-state index contributed by atoms with van der Waals surface area (Å²) in [4.78, 5) is 48.9. The van der Waals surface area contributed by atoms with E-state index in [0.717, 1.165) is 4.90 Å². The molecule has 0 aromatic heterocycles. The van der Waals surface area contributed by atoms with Crippen LogP contribution in [0.3, 0.4) is 0 Å². The number of hydrogen-bond donors (Lipinski definition) is 3. The van der Waals surface area contributed by atoms with Gasteiger partial charge in [0.25, 0.3) is 0 Å². The zero-order chi connectivity index (χ0) is 24.0. The molecule has 3 unspecified atom stereocenters. The summed E-state index contributed by atoms with van der Waals surface area (Å²) in [6.45, 7) is 3.26. The minimum atomic E-state index is -0.973. The van der Waals surface area contributed by atoms with Crippen molar-refractivity contribution in [3.05, 3.63) is 66.2 Å². The van der Waals surface area contributed by atoms with E-state index in [0.29, 0.717) is 29.8 Å². The summed E-state index contributed by atoms with van der Waals surface area (Å²) in [5.41, 5.74) is 1.73. The van der Waals surface area contributed by atoms with Gasteiger partial charge in [0.05, 0.1) is 17.1 Å². The summed E-state index contributed by atoms with van der Waals surface area (Å²) in [6.07, 6.45) is 4.36. The van der Waals surface area contributed by atoms with Gasteiger partial charge in [-0.3, -0.25) is 19.2 Å². The Morgan fingerprint density at radius 2 is 1.61 bits per heavy atom.